The van der Waals surface area contributed by atoms with Gasteiger partial charge in [-0.05, 0) is 19.1 Å². The van der Waals surface area contributed by atoms with Crippen LogP contribution in [0.1, 0.15) is 17.3 Å². The number of nitrogens with one attached hydrogen (secondary N) is 1. The Labute approximate surface area is 156 Å². The number of nitrogens with two attached hydrogens (primary N) is 1. The molecule has 0 saturated carbocycles. The number of anilines is 1. The van der Waals surface area contributed by atoms with Crippen LogP contribution in [-0.4, -0.2) is 33.2 Å². The van der Waals surface area contributed by atoms with Crippen LogP contribution in [0.2, 0.25) is 0 Å². The highest BCUT2D eigenvalue weighted by Crippen LogP contribution is 2.24. The highest BCUT2D eigenvalue weighted by atomic mass is 19.1. The third-order valence-corrected chi connectivity index (χ3v) is 3.92. The van der Waals surface area contributed by atoms with E-state index in [0.717, 1.165) is 10.8 Å². The van der Waals surface area contributed by atoms with E-state index in [1.165, 1.54) is 19.1 Å². The second kappa shape index (κ2) is 7.31. The molecule has 1 unspecified atom stereocenters. The molecule has 1 atom stereocenters. The third-order valence-electron chi connectivity index (χ3n) is 3.92. The van der Waals surface area contributed by atoms with Gasteiger partial charge in [-0.15, -0.1) is 0 Å². The van der Waals surface area contributed by atoms with E-state index in [-0.39, 0.29) is 23.4 Å². The maximum atomic E-state index is 14.3. The van der Waals surface area contributed by atoms with Crippen molar-refractivity contribution in [3.63, 3.8) is 0 Å². The average Bonchev–Trinajstić information content (AvgIpc) is 2.60. The quantitative estimate of drug-likeness (QED) is 0.612. The van der Waals surface area contributed by atoms with Crippen LogP contribution in [0, 0.1) is 17.5 Å². The number of benzene rings is 1. The van der Waals surface area contributed by atoms with Gasteiger partial charge in [0.05, 0.1) is 11.5 Å². The van der Waals surface area contributed by atoms with E-state index in [1.54, 1.807) is 0 Å². The summed E-state index contributed by atoms with van der Waals surface area (Å²) < 4.78 is 42.8. The van der Waals surface area contributed by atoms with Crippen molar-refractivity contribution in [2.75, 3.05) is 11.9 Å². The molecule has 0 saturated heterocycles. The number of rotatable bonds is 5. The summed E-state index contributed by atoms with van der Waals surface area (Å²) in [6.45, 7) is 1.66. The second-order valence-corrected chi connectivity index (χ2v) is 6.12. The zero-order chi connectivity index (χ0) is 20.6. The first-order valence-corrected chi connectivity index (χ1v) is 8.12. The van der Waals surface area contributed by atoms with Crippen LogP contribution in [-0.2, 0) is 0 Å². The van der Waals surface area contributed by atoms with Gasteiger partial charge in [-0.2, -0.15) is 0 Å². The normalized spacial score (nSPS) is 12.2. The first-order chi connectivity index (χ1) is 13.2. The molecule has 7 nitrogen and oxygen atoms in total. The van der Waals surface area contributed by atoms with Gasteiger partial charge < -0.3 is 16.2 Å². The molecule has 0 aliphatic rings. The Kier molecular flexibility index (Phi) is 5.06. The summed E-state index contributed by atoms with van der Waals surface area (Å²) in [6, 6.07) is 3.62. The minimum atomic E-state index is -1.26. The molecular formula is C18H15F3N4O3. The van der Waals surface area contributed by atoms with Crippen molar-refractivity contribution in [1.82, 2.24) is 9.55 Å². The zero-order valence-electron chi connectivity index (χ0n) is 14.5. The highest BCUT2D eigenvalue weighted by molar-refractivity contribution is 5.96. The smallest absolute Gasteiger partial charge is 0.254 e. The Morgan fingerprint density at radius 2 is 1.93 bits per heavy atom. The number of amides is 1. The minimum absolute atomic E-state index is 0.123. The summed E-state index contributed by atoms with van der Waals surface area (Å²) in [6.07, 6.45) is 0.154. The van der Waals surface area contributed by atoms with E-state index in [0.29, 0.717) is 12.1 Å². The van der Waals surface area contributed by atoms with Gasteiger partial charge in [0, 0.05) is 24.9 Å². The van der Waals surface area contributed by atoms with Gasteiger partial charge in [0.2, 0.25) is 5.43 Å². The first kappa shape index (κ1) is 19.4. The lowest BCUT2D eigenvalue weighted by molar-refractivity contribution is 0.0999. The predicted octanol–water partition coefficient (Wildman–Crippen LogP) is 1.69. The Morgan fingerprint density at radius 3 is 2.50 bits per heavy atom. The number of aliphatic hydroxyl groups excluding tert-OH is 1. The summed E-state index contributed by atoms with van der Waals surface area (Å²) in [5.74, 6) is -4.55. The molecule has 3 rings (SSSR count). The number of nitrogens with zero attached hydrogens (tertiary/aromatic N) is 2. The van der Waals surface area contributed by atoms with E-state index >= 15 is 0 Å². The molecule has 28 heavy (non-hydrogen) atoms. The Hall–Kier alpha value is -3.40. The van der Waals surface area contributed by atoms with Crippen LogP contribution in [0.25, 0.3) is 16.7 Å². The molecule has 0 bridgehead atoms. The number of carbonyl (C=O) groups is 1. The van der Waals surface area contributed by atoms with Crippen molar-refractivity contribution in [2.45, 2.75) is 13.0 Å². The number of carbonyl (C=O) groups excluding carboxylic acids is 1. The number of hydrogen-bond donors (Lipinski definition) is 3. The summed E-state index contributed by atoms with van der Waals surface area (Å²) in [5, 5.41) is 12.0. The van der Waals surface area contributed by atoms with Crippen molar-refractivity contribution in [2.24, 2.45) is 5.73 Å². The van der Waals surface area contributed by atoms with Crippen molar-refractivity contribution in [3.8, 4) is 5.69 Å². The molecule has 0 aliphatic heterocycles. The van der Waals surface area contributed by atoms with Crippen molar-refractivity contribution in [3.05, 3.63) is 63.7 Å². The lowest BCUT2D eigenvalue weighted by Gasteiger charge is -2.15. The van der Waals surface area contributed by atoms with Crippen molar-refractivity contribution >= 4 is 22.8 Å². The van der Waals surface area contributed by atoms with Gasteiger partial charge in [0.1, 0.15) is 22.9 Å². The summed E-state index contributed by atoms with van der Waals surface area (Å²) in [4.78, 5) is 28.3. The Morgan fingerprint density at radius 1 is 1.29 bits per heavy atom. The van der Waals surface area contributed by atoms with E-state index in [9.17, 15) is 27.9 Å². The maximum absolute atomic E-state index is 14.3. The third kappa shape index (κ3) is 3.54. The molecule has 3 aromatic rings. The molecule has 1 aromatic carbocycles. The van der Waals surface area contributed by atoms with Gasteiger partial charge in [-0.1, -0.05) is 0 Å². The number of pyridine rings is 2. The predicted molar refractivity (Wildman–Crippen MR) is 95.9 cm³/mol. The van der Waals surface area contributed by atoms with E-state index < -0.39 is 46.1 Å². The fourth-order valence-corrected chi connectivity index (χ4v) is 2.66. The molecule has 1 amide bonds. The van der Waals surface area contributed by atoms with Crippen LogP contribution in [0.5, 0.6) is 0 Å². The molecule has 0 spiro atoms. The van der Waals surface area contributed by atoms with E-state index in [1.807, 2.05) is 0 Å². The molecule has 10 heteroatoms. The van der Waals surface area contributed by atoms with Gasteiger partial charge in [-0.3, -0.25) is 14.2 Å². The SMILES string of the molecule is CC(O)CNc1ccc2c(=O)c(C(N)=O)cn(-c3c(F)cc(F)cc3F)c2n1. The number of hydrogen-bond acceptors (Lipinski definition) is 5. The fourth-order valence-electron chi connectivity index (χ4n) is 2.66. The maximum Gasteiger partial charge on any atom is 0.254 e. The largest absolute Gasteiger partial charge is 0.392 e. The van der Waals surface area contributed by atoms with Crippen molar-refractivity contribution < 1.29 is 23.1 Å². The number of aliphatic hydroxyl groups is 1. The molecule has 0 radical (unpaired) electrons. The monoisotopic (exact) mass is 392 g/mol. The minimum Gasteiger partial charge on any atom is -0.392 e. The molecule has 146 valence electrons. The lowest BCUT2D eigenvalue weighted by Crippen LogP contribution is -2.25. The molecule has 0 aliphatic carbocycles. The first-order valence-electron chi connectivity index (χ1n) is 8.12. The number of aromatic nitrogens is 2. The highest BCUT2D eigenvalue weighted by Gasteiger charge is 2.20. The Balaban J connectivity index is 2.36. The summed E-state index contributed by atoms with van der Waals surface area (Å²) in [7, 11) is 0. The number of primary amides is 1. The number of halogens is 3. The topological polar surface area (TPSA) is 110 Å². The number of fused-ring (bicyclic) bond motifs is 1. The molecule has 2 aromatic heterocycles. The molecule has 2 heterocycles. The van der Waals surface area contributed by atoms with Gasteiger partial charge in [0.25, 0.3) is 5.91 Å². The van der Waals surface area contributed by atoms with Crippen LogP contribution >= 0.6 is 0 Å². The summed E-state index contributed by atoms with van der Waals surface area (Å²) in [5.41, 5.74) is 3.01. The fraction of sp³-hybridized carbons (Fsp3) is 0.167. The van der Waals surface area contributed by atoms with Gasteiger partial charge in [-0.25, -0.2) is 18.2 Å². The Bertz CT molecular complexity index is 1120. The average molecular weight is 392 g/mol. The molecule has 0 fully saturated rings. The van der Waals surface area contributed by atoms with E-state index in [2.05, 4.69) is 10.3 Å². The van der Waals surface area contributed by atoms with Crippen LogP contribution in [0.4, 0.5) is 19.0 Å². The van der Waals surface area contributed by atoms with Crippen LogP contribution in [0.15, 0.2) is 35.3 Å². The summed E-state index contributed by atoms with van der Waals surface area (Å²) >= 11 is 0. The van der Waals surface area contributed by atoms with Gasteiger partial charge in [0.15, 0.2) is 17.3 Å². The van der Waals surface area contributed by atoms with Crippen LogP contribution < -0.4 is 16.5 Å². The van der Waals surface area contributed by atoms with Crippen molar-refractivity contribution in [1.29, 1.82) is 0 Å². The standard InChI is InChI=1S/C18H15F3N4O3/c1-8(26)6-23-14-3-2-10-16(27)11(17(22)28)7-25(18(10)24-14)15-12(20)4-9(19)5-13(15)21/h2-5,7-8,26H,6H2,1H3,(H2,22,28)(H,23,24). The second-order valence-electron chi connectivity index (χ2n) is 6.12. The molecular weight excluding hydrogens is 377 g/mol. The van der Waals surface area contributed by atoms with Crippen LogP contribution in [0.3, 0.4) is 0 Å². The lowest BCUT2D eigenvalue weighted by atomic mass is 10.1. The van der Waals surface area contributed by atoms with Gasteiger partial charge >= 0.3 is 0 Å². The van der Waals surface area contributed by atoms with E-state index in [4.69, 9.17) is 5.73 Å². The molecule has 4 N–H and O–H groups in total. The zero-order valence-corrected chi connectivity index (χ0v) is 14.5.